The summed E-state index contributed by atoms with van der Waals surface area (Å²) in [5.41, 5.74) is 2.04. The fraction of sp³-hybridized carbons (Fsp3) is 0.294. The molecule has 0 radical (unpaired) electrons. The summed E-state index contributed by atoms with van der Waals surface area (Å²) in [7, 11) is 2.16. The van der Waals surface area contributed by atoms with Crippen LogP contribution in [0.5, 0.6) is 0 Å². The summed E-state index contributed by atoms with van der Waals surface area (Å²) in [5, 5.41) is 4.19. The summed E-state index contributed by atoms with van der Waals surface area (Å²) in [6, 6.07) is 10.5. The van der Waals surface area contributed by atoms with Crippen molar-refractivity contribution in [3.63, 3.8) is 0 Å². The molecule has 1 aliphatic rings. The zero-order valence-corrected chi connectivity index (χ0v) is 14.6. The maximum atomic E-state index is 4.85. The van der Waals surface area contributed by atoms with Crippen molar-refractivity contribution in [1.82, 2.24) is 14.9 Å². The van der Waals surface area contributed by atoms with Crippen LogP contribution < -0.4 is 4.90 Å². The molecule has 0 aromatic carbocycles. The molecule has 4 heterocycles. The van der Waals surface area contributed by atoms with Crippen molar-refractivity contribution >= 4 is 28.6 Å². The number of thiophene rings is 2. The number of hydrogen-bond acceptors (Lipinski definition) is 6. The van der Waals surface area contributed by atoms with E-state index in [2.05, 4.69) is 57.9 Å². The van der Waals surface area contributed by atoms with Gasteiger partial charge in [-0.1, -0.05) is 12.1 Å². The van der Waals surface area contributed by atoms with Crippen LogP contribution in [0, 0.1) is 0 Å². The second kappa shape index (κ2) is 6.39. The van der Waals surface area contributed by atoms with Crippen molar-refractivity contribution in [2.75, 3.05) is 38.1 Å². The van der Waals surface area contributed by atoms with E-state index in [1.54, 1.807) is 22.7 Å². The summed E-state index contributed by atoms with van der Waals surface area (Å²) in [6.45, 7) is 4.07. The summed E-state index contributed by atoms with van der Waals surface area (Å²) in [6.07, 6.45) is 0. The molecule has 0 unspecified atom stereocenters. The molecular formula is C17H18N4S2. The number of aromatic nitrogens is 2. The van der Waals surface area contributed by atoms with Gasteiger partial charge in [-0.05, 0) is 36.0 Å². The van der Waals surface area contributed by atoms with Crippen molar-refractivity contribution < 1.29 is 0 Å². The van der Waals surface area contributed by atoms with Crippen LogP contribution >= 0.6 is 22.7 Å². The summed E-state index contributed by atoms with van der Waals surface area (Å²) >= 11 is 3.45. The highest BCUT2D eigenvalue weighted by molar-refractivity contribution is 7.14. The lowest BCUT2D eigenvalue weighted by Gasteiger charge is -2.32. The molecule has 3 aromatic heterocycles. The van der Waals surface area contributed by atoms with Crippen LogP contribution in [0.25, 0.3) is 21.1 Å². The number of piperazine rings is 1. The number of rotatable bonds is 3. The molecule has 4 rings (SSSR count). The van der Waals surface area contributed by atoms with E-state index in [1.807, 2.05) is 0 Å². The highest BCUT2D eigenvalue weighted by Crippen LogP contribution is 2.31. The normalized spacial score (nSPS) is 16.0. The Morgan fingerprint density at radius 3 is 1.91 bits per heavy atom. The molecule has 1 aliphatic heterocycles. The number of hydrogen-bond donors (Lipinski definition) is 0. The molecule has 0 amide bonds. The van der Waals surface area contributed by atoms with Crippen molar-refractivity contribution in [1.29, 1.82) is 0 Å². The Morgan fingerprint density at radius 2 is 1.43 bits per heavy atom. The first kappa shape index (κ1) is 14.8. The summed E-state index contributed by atoms with van der Waals surface area (Å²) in [5.74, 6) is 0.854. The average molecular weight is 342 g/mol. The van der Waals surface area contributed by atoms with Crippen molar-refractivity contribution in [3.8, 4) is 21.1 Å². The SMILES string of the molecule is CN1CCN(c2nc(-c3cccs3)cc(-c3cccs3)n2)CC1. The van der Waals surface area contributed by atoms with Crippen molar-refractivity contribution in [3.05, 3.63) is 41.1 Å². The standard InChI is InChI=1S/C17H18N4S2/c1-20-6-8-21(9-7-20)17-18-13(15-4-2-10-22-15)12-14(19-17)16-5-3-11-23-16/h2-5,10-12H,6-9H2,1H3. The van der Waals surface area contributed by atoms with Gasteiger partial charge < -0.3 is 9.80 Å². The molecular weight excluding hydrogens is 324 g/mol. The minimum absolute atomic E-state index is 0.854. The Hall–Kier alpha value is -1.76. The molecule has 0 aliphatic carbocycles. The first-order valence-corrected chi connectivity index (χ1v) is 9.46. The van der Waals surface area contributed by atoms with E-state index < -0.39 is 0 Å². The van der Waals surface area contributed by atoms with E-state index in [4.69, 9.17) is 9.97 Å². The van der Waals surface area contributed by atoms with Crippen LogP contribution in [0.15, 0.2) is 41.1 Å². The zero-order valence-electron chi connectivity index (χ0n) is 13.0. The van der Waals surface area contributed by atoms with Gasteiger partial charge in [-0.2, -0.15) is 0 Å². The van der Waals surface area contributed by atoms with E-state index >= 15 is 0 Å². The topological polar surface area (TPSA) is 32.3 Å². The van der Waals surface area contributed by atoms with Gasteiger partial charge in [0, 0.05) is 26.2 Å². The van der Waals surface area contributed by atoms with Crippen molar-refractivity contribution in [2.45, 2.75) is 0 Å². The van der Waals surface area contributed by atoms with Gasteiger partial charge in [0.1, 0.15) is 0 Å². The second-order valence-electron chi connectivity index (χ2n) is 5.68. The van der Waals surface area contributed by atoms with Gasteiger partial charge in [0.2, 0.25) is 5.95 Å². The van der Waals surface area contributed by atoms with Gasteiger partial charge in [-0.15, -0.1) is 22.7 Å². The van der Waals surface area contributed by atoms with Crippen LogP contribution in [0.2, 0.25) is 0 Å². The van der Waals surface area contributed by atoms with Gasteiger partial charge in [0.15, 0.2) is 0 Å². The molecule has 0 atom stereocenters. The van der Waals surface area contributed by atoms with E-state index in [9.17, 15) is 0 Å². The first-order chi connectivity index (χ1) is 11.3. The Labute approximate surface area is 144 Å². The highest BCUT2D eigenvalue weighted by Gasteiger charge is 2.19. The molecule has 0 bridgehead atoms. The lowest BCUT2D eigenvalue weighted by molar-refractivity contribution is 0.311. The van der Waals surface area contributed by atoms with Gasteiger partial charge in [-0.25, -0.2) is 9.97 Å². The molecule has 3 aromatic rings. The van der Waals surface area contributed by atoms with Crippen molar-refractivity contribution in [2.24, 2.45) is 0 Å². The molecule has 0 saturated carbocycles. The van der Waals surface area contributed by atoms with Crippen LogP contribution in [0.1, 0.15) is 0 Å². The predicted octanol–water partition coefficient (Wildman–Crippen LogP) is 3.69. The van der Waals surface area contributed by atoms with Gasteiger partial charge in [0.05, 0.1) is 21.1 Å². The van der Waals surface area contributed by atoms with Crippen LogP contribution in [0.3, 0.4) is 0 Å². The van der Waals surface area contributed by atoms with E-state index in [1.165, 1.54) is 9.75 Å². The van der Waals surface area contributed by atoms with E-state index in [-0.39, 0.29) is 0 Å². The molecule has 0 spiro atoms. The zero-order chi connectivity index (χ0) is 15.6. The van der Waals surface area contributed by atoms with Gasteiger partial charge in [-0.3, -0.25) is 0 Å². The molecule has 23 heavy (non-hydrogen) atoms. The Morgan fingerprint density at radius 1 is 0.870 bits per heavy atom. The third-order valence-electron chi connectivity index (χ3n) is 4.05. The highest BCUT2D eigenvalue weighted by atomic mass is 32.1. The largest absolute Gasteiger partial charge is 0.338 e. The predicted molar refractivity (Wildman–Crippen MR) is 98.4 cm³/mol. The lowest BCUT2D eigenvalue weighted by atomic mass is 10.2. The molecule has 0 N–H and O–H groups in total. The van der Waals surface area contributed by atoms with Crippen LogP contribution in [-0.4, -0.2) is 48.1 Å². The van der Waals surface area contributed by atoms with Crippen LogP contribution in [0.4, 0.5) is 5.95 Å². The number of anilines is 1. The van der Waals surface area contributed by atoms with Gasteiger partial charge in [0.25, 0.3) is 0 Å². The second-order valence-corrected chi connectivity index (χ2v) is 7.58. The summed E-state index contributed by atoms with van der Waals surface area (Å²) < 4.78 is 0. The fourth-order valence-electron chi connectivity index (χ4n) is 2.68. The lowest BCUT2D eigenvalue weighted by Crippen LogP contribution is -2.45. The third-order valence-corrected chi connectivity index (χ3v) is 5.83. The average Bonchev–Trinajstić information content (AvgIpc) is 3.29. The monoisotopic (exact) mass is 342 g/mol. The minimum Gasteiger partial charge on any atom is -0.338 e. The molecule has 1 saturated heterocycles. The molecule has 118 valence electrons. The van der Waals surface area contributed by atoms with Gasteiger partial charge >= 0.3 is 0 Å². The molecule has 6 heteroatoms. The maximum absolute atomic E-state index is 4.85. The maximum Gasteiger partial charge on any atom is 0.226 e. The molecule has 4 nitrogen and oxygen atoms in total. The Balaban J connectivity index is 1.76. The quantitative estimate of drug-likeness (QED) is 0.727. The summed E-state index contributed by atoms with van der Waals surface area (Å²) in [4.78, 5) is 16.7. The Kier molecular flexibility index (Phi) is 4.11. The van der Waals surface area contributed by atoms with Crippen LogP contribution in [-0.2, 0) is 0 Å². The fourth-order valence-corrected chi connectivity index (χ4v) is 4.06. The smallest absolute Gasteiger partial charge is 0.226 e. The Bertz CT molecular complexity index is 708. The van der Waals surface area contributed by atoms with E-state index in [0.29, 0.717) is 0 Å². The first-order valence-electron chi connectivity index (χ1n) is 7.70. The number of likely N-dealkylation sites (N-methyl/N-ethyl adjacent to an activating group) is 1. The van der Waals surface area contributed by atoms with E-state index in [0.717, 1.165) is 43.5 Å². The minimum atomic E-state index is 0.854. The number of nitrogens with zero attached hydrogens (tertiary/aromatic N) is 4. The molecule has 1 fully saturated rings. The third kappa shape index (κ3) is 3.15.